The third-order valence-corrected chi connectivity index (χ3v) is 7.26. The van der Waals surface area contributed by atoms with Crippen molar-refractivity contribution in [3.05, 3.63) is 107 Å². The molecule has 4 rings (SSSR count). The van der Waals surface area contributed by atoms with Crippen molar-refractivity contribution in [2.45, 2.75) is 50.5 Å². The second-order valence-corrected chi connectivity index (χ2v) is 10.2. The highest BCUT2D eigenvalue weighted by molar-refractivity contribution is 5.95. The van der Waals surface area contributed by atoms with E-state index in [1.165, 1.54) is 10.5 Å². The van der Waals surface area contributed by atoms with Gasteiger partial charge in [-0.05, 0) is 61.6 Å². The Bertz CT molecular complexity index is 1210. The lowest BCUT2D eigenvalue weighted by Crippen LogP contribution is -2.56. The van der Waals surface area contributed by atoms with Crippen molar-refractivity contribution in [1.82, 2.24) is 9.80 Å². The molecule has 0 unspecified atom stereocenters. The van der Waals surface area contributed by atoms with Crippen LogP contribution in [-0.4, -0.2) is 47.9 Å². The first-order valence-electron chi connectivity index (χ1n) is 13.4. The van der Waals surface area contributed by atoms with Crippen LogP contribution in [0.25, 0.3) is 0 Å². The number of hydrogen-bond acceptors (Lipinski definition) is 2. The summed E-state index contributed by atoms with van der Waals surface area (Å²) in [6.45, 7) is 2.02. The van der Waals surface area contributed by atoms with Gasteiger partial charge in [-0.3, -0.25) is 9.69 Å². The Morgan fingerprint density at radius 2 is 1.30 bits per heavy atom. The highest BCUT2D eigenvalue weighted by Gasteiger charge is 2.39. The van der Waals surface area contributed by atoms with E-state index in [2.05, 4.69) is 17.0 Å². The normalized spacial score (nSPS) is 16.8. The van der Waals surface area contributed by atoms with E-state index < -0.39 is 41.0 Å². The minimum absolute atomic E-state index is 0.0496. The monoisotopic (exact) mass is 562 g/mol. The van der Waals surface area contributed by atoms with E-state index in [1.54, 1.807) is 0 Å². The lowest BCUT2D eigenvalue weighted by molar-refractivity contribution is -0.143. The molecule has 1 fully saturated rings. The summed E-state index contributed by atoms with van der Waals surface area (Å²) in [5.41, 5.74) is -1.34. The maximum absolute atomic E-state index is 13.5. The highest BCUT2D eigenvalue weighted by atomic mass is 19.4. The SMILES string of the molecule is O=C(c1cc(C(F)(F)F)cc(C(F)(F)F)c1)N1CCN(CCCCCc2ccccc2)C[C@H]1Cc1ccccc1. The Kier molecular flexibility index (Phi) is 9.56. The number of hydrogen-bond donors (Lipinski definition) is 0. The summed E-state index contributed by atoms with van der Waals surface area (Å²) in [6.07, 6.45) is -5.55. The fraction of sp³-hybridized carbons (Fsp3) is 0.387. The van der Waals surface area contributed by atoms with Crippen LogP contribution in [-0.2, 0) is 25.2 Å². The largest absolute Gasteiger partial charge is 0.416 e. The molecule has 1 aliphatic rings. The van der Waals surface area contributed by atoms with Gasteiger partial charge in [0.15, 0.2) is 0 Å². The van der Waals surface area contributed by atoms with Gasteiger partial charge in [-0.1, -0.05) is 67.1 Å². The first-order chi connectivity index (χ1) is 19.0. The van der Waals surface area contributed by atoms with E-state index in [4.69, 9.17) is 0 Å². The number of amides is 1. The van der Waals surface area contributed by atoms with Crippen LogP contribution in [0.5, 0.6) is 0 Å². The molecule has 0 N–H and O–H groups in total. The molecule has 0 bridgehead atoms. The summed E-state index contributed by atoms with van der Waals surface area (Å²) < 4.78 is 80.6. The predicted octanol–water partition coefficient (Wildman–Crippen LogP) is 7.51. The number of rotatable bonds is 9. The maximum Gasteiger partial charge on any atom is 0.416 e. The zero-order valence-corrected chi connectivity index (χ0v) is 22.0. The first kappa shape index (κ1) is 29.6. The summed E-state index contributed by atoms with van der Waals surface area (Å²) in [4.78, 5) is 17.1. The minimum atomic E-state index is -5.01. The van der Waals surface area contributed by atoms with Gasteiger partial charge in [0.1, 0.15) is 0 Å². The minimum Gasteiger partial charge on any atom is -0.333 e. The molecule has 1 heterocycles. The number of nitrogens with zero attached hydrogens (tertiary/aromatic N) is 2. The number of piperazine rings is 1. The van der Waals surface area contributed by atoms with E-state index in [0.29, 0.717) is 31.6 Å². The molecule has 1 saturated heterocycles. The highest BCUT2D eigenvalue weighted by Crippen LogP contribution is 2.37. The van der Waals surface area contributed by atoms with Crippen LogP contribution < -0.4 is 0 Å². The molecule has 9 heteroatoms. The van der Waals surface area contributed by atoms with Gasteiger partial charge < -0.3 is 4.90 Å². The average molecular weight is 563 g/mol. The van der Waals surface area contributed by atoms with Gasteiger partial charge in [0.05, 0.1) is 11.1 Å². The van der Waals surface area contributed by atoms with Gasteiger partial charge in [-0.25, -0.2) is 0 Å². The molecule has 0 radical (unpaired) electrons. The molecule has 3 aromatic carbocycles. The van der Waals surface area contributed by atoms with Gasteiger partial charge in [-0.2, -0.15) is 26.3 Å². The molecule has 1 aliphatic heterocycles. The molecule has 1 atom stereocenters. The Hall–Kier alpha value is -3.33. The molecule has 40 heavy (non-hydrogen) atoms. The number of halogens is 6. The molecule has 1 amide bonds. The van der Waals surface area contributed by atoms with Gasteiger partial charge in [0.2, 0.25) is 0 Å². The number of unbranched alkanes of at least 4 members (excludes halogenated alkanes) is 2. The fourth-order valence-corrected chi connectivity index (χ4v) is 5.18. The zero-order chi connectivity index (χ0) is 28.8. The molecule has 0 saturated carbocycles. The van der Waals surface area contributed by atoms with E-state index >= 15 is 0 Å². The van der Waals surface area contributed by atoms with Crippen LogP contribution in [0.1, 0.15) is 51.9 Å². The standard InChI is InChI=1S/C31H32F6N2O/c32-30(33,34)26-19-25(20-27(21-26)31(35,36)37)29(40)39-17-16-38(22-28(39)18-24-13-6-2-7-14-24)15-9-3-8-12-23-10-4-1-5-11-23/h1-2,4-7,10-11,13-14,19-21,28H,3,8-9,12,15-18,22H2/t28-/m1/s1. The van der Waals surface area contributed by atoms with Crippen LogP contribution in [0, 0.1) is 0 Å². The number of alkyl halides is 6. The maximum atomic E-state index is 13.5. The Labute approximate surface area is 230 Å². The first-order valence-corrected chi connectivity index (χ1v) is 13.4. The molecular weight excluding hydrogens is 530 g/mol. The second kappa shape index (κ2) is 12.9. The number of carbonyl (C=O) groups is 1. The topological polar surface area (TPSA) is 23.6 Å². The summed E-state index contributed by atoms with van der Waals surface area (Å²) in [6, 6.07) is 20.3. The van der Waals surface area contributed by atoms with Crippen molar-refractivity contribution in [1.29, 1.82) is 0 Å². The Morgan fingerprint density at radius 3 is 1.88 bits per heavy atom. The molecule has 3 aromatic rings. The van der Waals surface area contributed by atoms with Crippen LogP contribution in [0.3, 0.4) is 0 Å². The van der Waals surface area contributed by atoms with E-state index in [9.17, 15) is 31.1 Å². The average Bonchev–Trinajstić information content (AvgIpc) is 2.92. The molecule has 0 aromatic heterocycles. The molecule has 0 spiro atoms. The lowest BCUT2D eigenvalue weighted by atomic mass is 9.99. The van der Waals surface area contributed by atoms with E-state index in [1.807, 2.05) is 48.5 Å². The molecule has 214 valence electrons. The third kappa shape index (κ3) is 8.10. The molecular formula is C31H32F6N2O. The smallest absolute Gasteiger partial charge is 0.333 e. The molecule has 0 aliphatic carbocycles. The predicted molar refractivity (Wildman–Crippen MR) is 142 cm³/mol. The zero-order valence-electron chi connectivity index (χ0n) is 22.0. The van der Waals surface area contributed by atoms with Crippen molar-refractivity contribution in [2.75, 3.05) is 26.2 Å². The van der Waals surface area contributed by atoms with Crippen LogP contribution in [0.4, 0.5) is 26.3 Å². The lowest BCUT2D eigenvalue weighted by Gasteiger charge is -2.42. The van der Waals surface area contributed by atoms with Crippen molar-refractivity contribution in [3.63, 3.8) is 0 Å². The molecule has 3 nitrogen and oxygen atoms in total. The van der Waals surface area contributed by atoms with Gasteiger partial charge in [-0.15, -0.1) is 0 Å². The Morgan fingerprint density at radius 1 is 0.725 bits per heavy atom. The summed E-state index contributed by atoms with van der Waals surface area (Å²) in [7, 11) is 0. The summed E-state index contributed by atoms with van der Waals surface area (Å²) in [5, 5.41) is 0. The fourth-order valence-electron chi connectivity index (χ4n) is 5.18. The van der Waals surface area contributed by atoms with Gasteiger partial charge in [0, 0.05) is 31.2 Å². The summed E-state index contributed by atoms with van der Waals surface area (Å²) in [5.74, 6) is -0.819. The quantitative estimate of drug-likeness (QED) is 0.199. The summed E-state index contributed by atoms with van der Waals surface area (Å²) >= 11 is 0. The number of aryl methyl sites for hydroxylation is 1. The van der Waals surface area contributed by atoms with Gasteiger partial charge >= 0.3 is 12.4 Å². The van der Waals surface area contributed by atoms with Crippen LogP contribution >= 0.6 is 0 Å². The van der Waals surface area contributed by atoms with Gasteiger partial charge in [0.25, 0.3) is 5.91 Å². The number of benzene rings is 3. The van der Waals surface area contributed by atoms with Crippen molar-refractivity contribution in [2.24, 2.45) is 0 Å². The van der Waals surface area contributed by atoms with Crippen LogP contribution in [0.2, 0.25) is 0 Å². The van der Waals surface area contributed by atoms with E-state index in [0.717, 1.165) is 37.8 Å². The number of carbonyl (C=O) groups excluding carboxylic acids is 1. The third-order valence-electron chi connectivity index (χ3n) is 7.26. The van der Waals surface area contributed by atoms with Crippen molar-refractivity contribution in [3.8, 4) is 0 Å². The van der Waals surface area contributed by atoms with Crippen LogP contribution in [0.15, 0.2) is 78.9 Å². The Balaban J connectivity index is 1.47. The second-order valence-electron chi connectivity index (χ2n) is 10.2. The van der Waals surface area contributed by atoms with Crippen molar-refractivity contribution < 1.29 is 31.1 Å². The van der Waals surface area contributed by atoms with E-state index in [-0.39, 0.29) is 12.6 Å². The van der Waals surface area contributed by atoms with Crippen molar-refractivity contribution >= 4 is 5.91 Å².